The Hall–Kier alpha value is -2.47. The molecule has 0 atom stereocenters. The molecule has 1 aromatic carbocycles. The zero-order chi connectivity index (χ0) is 15.1. The Labute approximate surface area is 124 Å². The largest absolute Gasteiger partial charge is 0.328 e. The van der Waals surface area contributed by atoms with E-state index >= 15 is 0 Å². The predicted octanol–water partition coefficient (Wildman–Crippen LogP) is 1.55. The molecule has 0 saturated carbocycles. The van der Waals surface area contributed by atoms with Gasteiger partial charge in [-0.1, -0.05) is 17.7 Å². The molecule has 3 aromatic rings. The summed E-state index contributed by atoms with van der Waals surface area (Å²) < 4.78 is 2.95. The van der Waals surface area contributed by atoms with Gasteiger partial charge in [-0.2, -0.15) is 0 Å². The number of aryl methyl sites for hydroxylation is 2. The maximum atomic E-state index is 12.6. The molecule has 6 nitrogen and oxygen atoms in total. The smallest absolute Gasteiger partial charge is 0.295 e. The fourth-order valence-electron chi connectivity index (χ4n) is 2.36. The van der Waals surface area contributed by atoms with Crippen molar-refractivity contribution in [2.24, 2.45) is 14.1 Å². The summed E-state index contributed by atoms with van der Waals surface area (Å²) >= 11 is 5.79. The second-order valence-corrected chi connectivity index (χ2v) is 5.02. The number of carbonyl (C=O) groups is 1. The summed E-state index contributed by atoms with van der Waals surface area (Å²) in [4.78, 5) is 32.3. The topological polar surface area (TPSA) is 69.8 Å². The Balaban J connectivity index is 2.28. The van der Waals surface area contributed by atoms with Gasteiger partial charge in [0.25, 0.3) is 0 Å². The van der Waals surface area contributed by atoms with E-state index in [0.29, 0.717) is 16.6 Å². The fraction of sp³-hybridized carbons (Fsp3) is 0.143. The molecule has 0 spiro atoms. The zero-order valence-electron chi connectivity index (χ0n) is 11.4. The van der Waals surface area contributed by atoms with Crippen LogP contribution in [0.4, 0.5) is 0 Å². The summed E-state index contributed by atoms with van der Waals surface area (Å²) in [6.45, 7) is 0. The molecule has 106 valence electrons. The molecule has 0 N–H and O–H groups in total. The molecular weight excluding hydrogens is 292 g/mol. The Kier molecular flexibility index (Phi) is 3.10. The first-order valence-electron chi connectivity index (χ1n) is 6.17. The number of hydrogen-bond acceptors (Lipinski definition) is 4. The van der Waals surface area contributed by atoms with Gasteiger partial charge < -0.3 is 0 Å². The summed E-state index contributed by atoms with van der Waals surface area (Å²) in [5, 5.41) is 0.197. The normalized spacial score (nSPS) is 11.0. The molecule has 2 heterocycles. The number of halogens is 1. The minimum atomic E-state index is -0.300. The van der Waals surface area contributed by atoms with Crippen molar-refractivity contribution in [1.29, 1.82) is 0 Å². The van der Waals surface area contributed by atoms with E-state index in [4.69, 9.17) is 11.6 Å². The van der Waals surface area contributed by atoms with Gasteiger partial charge >= 0.3 is 5.69 Å². The lowest BCUT2D eigenvalue weighted by atomic mass is 10.1. The number of rotatable bonds is 2. The van der Waals surface area contributed by atoms with Crippen LogP contribution in [0.25, 0.3) is 11.0 Å². The molecule has 0 unspecified atom stereocenters. The van der Waals surface area contributed by atoms with Crippen molar-refractivity contribution in [3.63, 3.8) is 0 Å². The molecule has 0 aliphatic heterocycles. The molecule has 7 heteroatoms. The van der Waals surface area contributed by atoms with Crippen LogP contribution in [0.2, 0.25) is 5.15 Å². The van der Waals surface area contributed by atoms with Crippen LogP contribution in [-0.4, -0.2) is 24.9 Å². The molecule has 3 rings (SSSR count). The number of nitrogens with zero attached hydrogens (tertiary/aromatic N) is 4. The van der Waals surface area contributed by atoms with E-state index in [-0.39, 0.29) is 22.3 Å². The number of carbonyl (C=O) groups excluding carboxylic acids is 1. The van der Waals surface area contributed by atoms with Crippen LogP contribution in [0.5, 0.6) is 0 Å². The monoisotopic (exact) mass is 302 g/mol. The Bertz CT molecular complexity index is 926. The molecule has 0 aliphatic rings. The van der Waals surface area contributed by atoms with Crippen molar-refractivity contribution >= 4 is 28.4 Å². The number of benzene rings is 1. The van der Waals surface area contributed by atoms with Crippen molar-refractivity contribution in [2.45, 2.75) is 0 Å². The summed E-state index contributed by atoms with van der Waals surface area (Å²) in [6, 6.07) is 6.60. The second-order valence-electron chi connectivity index (χ2n) is 4.63. The molecule has 0 saturated heterocycles. The third-order valence-corrected chi connectivity index (χ3v) is 3.60. The van der Waals surface area contributed by atoms with Gasteiger partial charge in [-0.15, -0.1) is 0 Å². The van der Waals surface area contributed by atoms with E-state index in [9.17, 15) is 9.59 Å². The van der Waals surface area contributed by atoms with Crippen molar-refractivity contribution < 1.29 is 4.79 Å². The van der Waals surface area contributed by atoms with Gasteiger partial charge in [0.05, 0.1) is 16.6 Å². The molecule has 21 heavy (non-hydrogen) atoms. The van der Waals surface area contributed by atoms with Gasteiger partial charge in [0, 0.05) is 20.2 Å². The Morgan fingerprint density at radius 3 is 2.67 bits per heavy atom. The average Bonchev–Trinajstić information content (AvgIpc) is 2.71. The summed E-state index contributed by atoms with van der Waals surface area (Å²) in [6.07, 6.45) is 1.24. The van der Waals surface area contributed by atoms with Crippen LogP contribution in [0.1, 0.15) is 16.1 Å². The summed E-state index contributed by atoms with van der Waals surface area (Å²) in [5.41, 5.74) is 1.67. The van der Waals surface area contributed by atoms with E-state index in [2.05, 4.69) is 9.97 Å². The van der Waals surface area contributed by atoms with Gasteiger partial charge in [0.2, 0.25) is 5.78 Å². The van der Waals surface area contributed by atoms with Gasteiger partial charge in [0.15, 0.2) is 0 Å². The van der Waals surface area contributed by atoms with E-state index in [1.54, 1.807) is 32.3 Å². The van der Waals surface area contributed by atoms with Gasteiger partial charge in [-0.25, -0.2) is 14.8 Å². The van der Waals surface area contributed by atoms with Crippen molar-refractivity contribution in [3.8, 4) is 0 Å². The highest BCUT2D eigenvalue weighted by Crippen LogP contribution is 2.20. The lowest BCUT2D eigenvalue weighted by molar-refractivity contribution is 0.103. The number of ketones is 1. The molecule has 0 radical (unpaired) electrons. The van der Waals surface area contributed by atoms with Gasteiger partial charge in [-0.05, 0) is 12.1 Å². The van der Waals surface area contributed by atoms with Gasteiger partial charge in [0.1, 0.15) is 17.2 Å². The lowest BCUT2D eigenvalue weighted by Crippen LogP contribution is -2.19. The van der Waals surface area contributed by atoms with Gasteiger partial charge in [-0.3, -0.25) is 13.9 Å². The SMILES string of the molecule is Cn1c(=O)n(C)c2c(C(=O)c3cc(Cl)ncn3)cccc21. The Morgan fingerprint density at radius 1 is 1.19 bits per heavy atom. The van der Waals surface area contributed by atoms with Crippen LogP contribution in [0, 0.1) is 0 Å². The third-order valence-electron chi connectivity index (χ3n) is 3.40. The number of imidazole rings is 1. The predicted molar refractivity (Wildman–Crippen MR) is 78.6 cm³/mol. The quantitative estimate of drug-likeness (QED) is 0.532. The molecule has 0 amide bonds. The van der Waals surface area contributed by atoms with Crippen LogP contribution in [0.15, 0.2) is 35.4 Å². The highest BCUT2D eigenvalue weighted by Gasteiger charge is 2.19. The van der Waals surface area contributed by atoms with Crippen LogP contribution in [-0.2, 0) is 14.1 Å². The van der Waals surface area contributed by atoms with Crippen molar-refractivity contribution in [1.82, 2.24) is 19.1 Å². The highest BCUT2D eigenvalue weighted by molar-refractivity contribution is 6.30. The first-order chi connectivity index (χ1) is 10.0. The van der Waals surface area contributed by atoms with E-state index in [1.807, 2.05) is 0 Å². The maximum Gasteiger partial charge on any atom is 0.328 e. The molecule has 0 bridgehead atoms. The fourth-order valence-corrected chi connectivity index (χ4v) is 2.50. The first-order valence-corrected chi connectivity index (χ1v) is 6.55. The number of para-hydroxylation sites is 1. The molecule has 0 aliphatic carbocycles. The molecule has 2 aromatic heterocycles. The zero-order valence-corrected chi connectivity index (χ0v) is 12.1. The highest BCUT2D eigenvalue weighted by atomic mass is 35.5. The minimum absolute atomic E-state index is 0.189. The van der Waals surface area contributed by atoms with Crippen LogP contribution >= 0.6 is 11.6 Å². The maximum absolute atomic E-state index is 12.6. The van der Waals surface area contributed by atoms with E-state index < -0.39 is 0 Å². The van der Waals surface area contributed by atoms with Crippen LogP contribution in [0.3, 0.4) is 0 Å². The standard InChI is InChI=1S/C14H11ClN4O2/c1-18-10-5-3-4-8(12(10)19(2)14(18)21)13(20)9-6-11(15)17-7-16-9/h3-7H,1-2H3. The average molecular weight is 303 g/mol. The van der Waals surface area contributed by atoms with E-state index in [0.717, 1.165) is 0 Å². The Morgan fingerprint density at radius 2 is 1.95 bits per heavy atom. The first kappa shape index (κ1) is 13.5. The minimum Gasteiger partial charge on any atom is -0.295 e. The van der Waals surface area contributed by atoms with Crippen molar-refractivity contribution in [2.75, 3.05) is 0 Å². The number of hydrogen-bond donors (Lipinski definition) is 0. The summed E-state index contributed by atoms with van der Waals surface area (Å²) in [5.74, 6) is -0.300. The second kappa shape index (κ2) is 4.82. The van der Waals surface area contributed by atoms with Crippen molar-refractivity contribution in [3.05, 3.63) is 57.5 Å². The number of aromatic nitrogens is 4. The van der Waals surface area contributed by atoms with Crippen LogP contribution < -0.4 is 5.69 Å². The summed E-state index contributed by atoms with van der Waals surface area (Å²) in [7, 11) is 3.30. The lowest BCUT2D eigenvalue weighted by Gasteiger charge is -2.04. The number of fused-ring (bicyclic) bond motifs is 1. The van der Waals surface area contributed by atoms with E-state index in [1.165, 1.54) is 21.5 Å². The third kappa shape index (κ3) is 2.04. The molecular formula is C14H11ClN4O2. The molecule has 0 fully saturated rings.